The molecular weight excluding hydrogens is 492 g/mol. The number of hydrogen-bond donors (Lipinski definition) is 2. The maximum atomic E-state index is 13.2. The molecule has 9 nitrogen and oxygen atoms in total. The molecule has 1 fully saturated rings. The van der Waals surface area contributed by atoms with E-state index in [0.29, 0.717) is 40.5 Å². The van der Waals surface area contributed by atoms with Crippen molar-refractivity contribution in [1.29, 1.82) is 0 Å². The average Bonchev–Trinajstić information content (AvgIpc) is 3.43. The van der Waals surface area contributed by atoms with Crippen molar-refractivity contribution in [3.05, 3.63) is 71.0 Å². The Hall–Kier alpha value is -3.63. The Balaban J connectivity index is 1.49. The van der Waals surface area contributed by atoms with Crippen molar-refractivity contribution in [2.45, 2.75) is 37.6 Å². The van der Waals surface area contributed by atoms with Crippen LogP contribution >= 0.6 is 11.8 Å². The summed E-state index contributed by atoms with van der Waals surface area (Å²) in [5.41, 5.74) is 1.18. The molecule has 0 spiro atoms. The number of amides is 2. The molecule has 1 atom stereocenters. The number of rotatable bonds is 11. The van der Waals surface area contributed by atoms with Gasteiger partial charge in [-0.2, -0.15) is 0 Å². The molecule has 2 heterocycles. The van der Waals surface area contributed by atoms with Gasteiger partial charge in [-0.25, -0.2) is 4.98 Å². The molecule has 0 saturated carbocycles. The van der Waals surface area contributed by atoms with Gasteiger partial charge in [0.25, 0.3) is 11.5 Å². The van der Waals surface area contributed by atoms with Crippen LogP contribution in [0.25, 0.3) is 10.9 Å². The predicted molar refractivity (Wildman–Crippen MR) is 144 cm³/mol. The molecule has 1 aliphatic rings. The highest BCUT2D eigenvalue weighted by molar-refractivity contribution is 7.99. The van der Waals surface area contributed by atoms with E-state index in [9.17, 15) is 14.4 Å². The number of anilines is 1. The van der Waals surface area contributed by atoms with Crippen LogP contribution in [0.5, 0.6) is 5.75 Å². The van der Waals surface area contributed by atoms with Crippen LogP contribution in [0.3, 0.4) is 0 Å². The monoisotopic (exact) mass is 522 g/mol. The van der Waals surface area contributed by atoms with E-state index in [0.717, 1.165) is 37.0 Å². The third kappa shape index (κ3) is 6.78. The molecular formula is C27H30N4O5S. The van der Waals surface area contributed by atoms with Gasteiger partial charge in [-0.1, -0.05) is 17.8 Å². The van der Waals surface area contributed by atoms with Crippen LogP contribution < -0.4 is 20.9 Å². The lowest BCUT2D eigenvalue weighted by Crippen LogP contribution is -2.31. The third-order valence-corrected chi connectivity index (χ3v) is 6.77. The van der Waals surface area contributed by atoms with Gasteiger partial charge in [-0.15, -0.1) is 6.58 Å². The first-order valence-corrected chi connectivity index (χ1v) is 13.2. The number of benzene rings is 2. The number of ether oxygens (including phenoxy) is 2. The van der Waals surface area contributed by atoms with Crippen molar-refractivity contribution in [1.82, 2.24) is 14.9 Å². The maximum absolute atomic E-state index is 13.2. The topological polar surface area (TPSA) is 112 Å². The van der Waals surface area contributed by atoms with Gasteiger partial charge < -0.3 is 20.1 Å². The summed E-state index contributed by atoms with van der Waals surface area (Å²) < 4.78 is 12.4. The van der Waals surface area contributed by atoms with Gasteiger partial charge in [-0.3, -0.25) is 19.0 Å². The van der Waals surface area contributed by atoms with Crippen LogP contribution in [0.15, 0.2) is 65.1 Å². The number of aromatic nitrogens is 2. The summed E-state index contributed by atoms with van der Waals surface area (Å²) in [4.78, 5) is 43.0. The molecule has 1 aliphatic heterocycles. The van der Waals surface area contributed by atoms with Gasteiger partial charge in [0.15, 0.2) is 5.16 Å². The highest BCUT2D eigenvalue weighted by Gasteiger charge is 2.18. The van der Waals surface area contributed by atoms with Crippen LogP contribution in [-0.2, 0) is 16.1 Å². The minimum Gasteiger partial charge on any atom is -0.494 e. The highest BCUT2D eigenvalue weighted by Crippen LogP contribution is 2.21. The zero-order valence-corrected chi connectivity index (χ0v) is 21.5. The van der Waals surface area contributed by atoms with Crippen molar-refractivity contribution in [3.8, 4) is 5.75 Å². The van der Waals surface area contributed by atoms with Gasteiger partial charge in [0.2, 0.25) is 5.91 Å². The molecule has 10 heteroatoms. The Morgan fingerprint density at radius 2 is 2.08 bits per heavy atom. The lowest BCUT2D eigenvalue weighted by atomic mass is 10.1. The Morgan fingerprint density at radius 1 is 1.27 bits per heavy atom. The summed E-state index contributed by atoms with van der Waals surface area (Å²) in [5, 5.41) is 6.48. The van der Waals surface area contributed by atoms with Crippen LogP contribution in [0, 0.1) is 0 Å². The lowest BCUT2D eigenvalue weighted by molar-refractivity contribution is -0.113. The number of nitrogens with zero attached hydrogens (tertiary/aromatic N) is 2. The number of carbonyl (C=O) groups excluding carboxylic acids is 2. The van der Waals surface area contributed by atoms with Gasteiger partial charge in [-0.05, 0) is 62.2 Å². The summed E-state index contributed by atoms with van der Waals surface area (Å²) in [5.74, 6) is 0.280. The standard InChI is InChI=1S/C27H30N4O5S/c1-3-13-31-26(34)22-12-7-18(25(33)28-16-21-6-5-14-36-21)15-23(22)30-27(31)37-17-24(32)29-19-8-10-20(11-9-19)35-4-2/h3,7-12,15,21H,1,4-6,13-14,16-17H2,2H3,(H,28,33)(H,29,32). The van der Waals surface area contributed by atoms with Crippen LogP contribution in [0.4, 0.5) is 5.69 Å². The second kappa shape index (κ2) is 12.6. The summed E-state index contributed by atoms with van der Waals surface area (Å²) in [6.07, 6.45) is 3.56. The van der Waals surface area contributed by atoms with Gasteiger partial charge >= 0.3 is 0 Å². The van der Waals surface area contributed by atoms with Crippen molar-refractivity contribution >= 4 is 40.2 Å². The summed E-state index contributed by atoms with van der Waals surface area (Å²) in [6, 6.07) is 11.9. The molecule has 1 aromatic heterocycles. The van der Waals surface area contributed by atoms with E-state index in [-0.39, 0.29) is 35.8 Å². The molecule has 0 aliphatic carbocycles. The molecule has 194 valence electrons. The Bertz CT molecular complexity index is 1330. The van der Waals surface area contributed by atoms with E-state index >= 15 is 0 Å². The summed E-state index contributed by atoms with van der Waals surface area (Å²) >= 11 is 1.15. The van der Waals surface area contributed by atoms with E-state index in [1.165, 1.54) is 4.57 Å². The first-order valence-electron chi connectivity index (χ1n) is 12.2. The first kappa shape index (κ1) is 26.4. The molecule has 1 saturated heterocycles. The zero-order chi connectivity index (χ0) is 26.2. The average molecular weight is 523 g/mol. The quantitative estimate of drug-likeness (QED) is 0.225. The lowest BCUT2D eigenvalue weighted by Gasteiger charge is -2.13. The molecule has 2 aromatic carbocycles. The van der Waals surface area contributed by atoms with Crippen molar-refractivity contribution in [2.24, 2.45) is 0 Å². The second-order valence-electron chi connectivity index (χ2n) is 8.47. The highest BCUT2D eigenvalue weighted by atomic mass is 32.2. The number of fused-ring (bicyclic) bond motifs is 1. The SMILES string of the molecule is C=CCn1c(SCC(=O)Nc2ccc(OCC)cc2)nc2cc(C(=O)NCC3CCCO3)ccc2c1=O. The van der Waals surface area contributed by atoms with Gasteiger partial charge in [0.05, 0.1) is 29.4 Å². The Labute approximate surface area is 219 Å². The summed E-state index contributed by atoms with van der Waals surface area (Å²) in [6.45, 7) is 7.60. The fraction of sp³-hybridized carbons (Fsp3) is 0.333. The van der Waals surface area contributed by atoms with Gasteiger partial charge in [0, 0.05) is 30.9 Å². The first-order chi connectivity index (χ1) is 18.0. The number of allylic oxidation sites excluding steroid dienone is 1. The third-order valence-electron chi connectivity index (χ3n) is 5.79. The van der Waals surface area contributed by atoms with Crippen LogP contribution in [-0.4, -0.2) is 53.0 Å². The minimum absolute atomic E-state index is 0.0328. The molecule has 3 aromatic rings. The van der Waals surface area contributed by atoms with Crippen LogP contribution in [0.2, 0.25) is 0 Å². The Kier molecular flexibility index (Phi) is 8.97. The summed E-state index contributed by atoms with van der Waals surface area (Å²) in [7, 11) is 0. The van der Waals surface area contributed by atoms with Crippen molar-refractivity contribution < 1.29 is 19.1 Å². The minimum atomic E-state index is -0.259. The van der Waals surface area contributed by atoms with E-state index in [1.807, 2.05) is 6.92 Å². The van der Waals surface area contributed by atoms with Crippen molar-refractivity contribution in [3.63, 3.8) is 0 Å². The van der Waals surface area contributed by atoms with E-state index < -0.39 is 0 Å². The second-order valence-corrected chi connectivity index (χ2v) is 9.41. The molecule has 1 unspecified atom stereocenters. The van der Waals surface area contributed by atoms with E-state index in [1.54, 1.807) is 48.5 Å². The molecule has 37 heavy (non-hydrogen) atoms. The number of hydrogen-bond acceptors (Lipinski definition) is 7. The maximum Gasteiger partial charge on any atom is 0.262 e. The number of thioether (sulfide) groups is 1. The fourth-order valence-electron chi connectivity index (χ4n) is 3.98. The van der Waals surface area contributed by atoms with Crippen molar-refractivity contribution in [2.75, 3.05) is 30.8 Å². The van der Waals surface area contributed by atoms with Crippen LogP contribution in [0.1, 0.15) is 30.1 Å². The molecule has 2 amide bonds. The Morgan fingerprint density at radius 3 is 2.78 bits per heavy atom. The molecule has 2 N–H and O–H groups in total. The predicted octanol–water partition coefficient (Wildman–Crippen LogP) is 3.62. The zero-order valence-electron chi connectivity index (χ0n) is 20.7. The molecule has 4 rings (SSSR count). The number of nitrogens with one attached hydrogen (secondary N) is 2. The smallest absolute Gasteiger partial charge is 0.262 e. The fourth-order valence-corrected chi connectivity index (χ4v) is 4.79. The van der Waals surface area contributed by atoms with E-state index in [4.69, 9.17) is 9.47 Å². The normalized spacial score (nSPS) is 14.9. The molecule has 0 radical (unpaired) electrons. The molecule has 0 bridgehead atoms. The van der Waals surface area contributed by atoms with E-state index in [2.05, 4.69) is 22.2 Å². The largest absolute Gasteiger partial charge is 0.494 e. The number of carbonyl (C=O) groups is 2. The van der Waals surface area contributed by atoms with Gasteiger partial charge in [0.1, 0.15) is 5.75 Å².